The van der Waals surface area contributed by atoms with Crippen molar-refractivity contribution in [3.63, 3.8) is 0 Å². The second-order valence-corrected chi connectivity index (χ2v) is 10.5. The minimum absolute atomic E-state index is 0. The second kappa shape index (κ2) is 12.9. The Hall–Kier alpha value is -2.10. The van der Waals surface area contributed by atoms with Crippen LogP contribution in [0.1, 0.15) is 26.7 Å². The molecule has 2 aromatic rings. The molecule has 0 aromatic heterocycles. The molecule has 0 atom stereocenters. The van der Waals surface area contributed by atoms with E-state index in [1.807, 2.05) is 24.3 Å². The van der Waals surface area contributed by atoms with Gasteiger partial charge >= 0.3 is 5.51 Å². The first kappa shape index (κ1) is 28.5. The van der Waals surface area contributed by atoms with Gasteiger partial charge in [0.1, 0.15) is 0 Å². The summed E-state index contributed by atoms with van der Waals surface area (Å²) >= 11 is 5.87. The van der Waals surface area contributed by atoms with Crippen LogP contribution in [0.3, 0.4) is 0 Å². The maximum atomic E-state index is 12.5. The first-order chi connectivity index (χ1) is 16.7. The second-order valence-electron chi connectivity index (χ2n) is 8.93. The van der Waals surface area contributed by atoms with Gasteiger partial charge in [-0.3, -0.25) is 9.69 Å². The first-order valence-electron chi connectivity index (χ1n) is 11.9. The van der Waals surface area contributed by atoms with Crippen molar-refractivity contribution in [2.45, 2.75) is 43.1 Å². The summed E-state index contributed by atoms with van der Waals surface area (Å²) in [6, 6.07) is 14.5. The molecule has 4 rings (SSSR count). The molecule has 2 aromatic carbocycles. The van der Waals surface area contributed by atoms with Gasteiger partial charge in [-0.25, -0.2) is 0 Å². The molecule has 0 spiro atoms. The van der Waals surface area contributed by atoms with Gasteiger partial charge in [-0.05, 0) is 73.1 Å². The SMILES string of the molecule is C.O=C(CCN1CCN(c2ccc(Cl)cc2)CC1)NC1CCN(c2ccc(SC(F)(F)F)cc2)CC1. The van der Waals surface area contributed by atoms with Gasteiger partial charge in [-0.15, -0.1) is 0 Å². The Morgan fingerprint density at radius 3 is 1.97 bits per heavy atom. The molecule has 10 heteroatoms. The number of benzene rings is 2. The van der Waals surface area contributed by atoms with E-state index in [-0.39, 0.29) is 36.0 Å². The molecular weight excluding hydrogens is 509 g/mol. The molecule has 0 radical (unpaired) electrons. The minimum Gasteiger partial charge on any atom is -0.371 e. The quantitative estimate of drug-likeness (QED) is 0.442. The molecule has 1 amide bonds. The van der Waals surface area contributed by atoms with E-state index in [0.717, 1.165) is 69.4 Å². The van der Waals surface area contributed by atoms with Gasteiger partial charge in [0.05, 0.1) is 0 Å². The Balaban J connectivity index is 0.00000361. The lowest BCUT2D eigenvalue weighted by molar-refractivity contribution is -0.122. The summed E-state index contributed by atoms with van der Waals surface area (Å²) in [5.41, 5.74) is -2.18. The number of hydrogen-bond donors (Lipinski definition) is 1. The Morgan fingerprint density at radius 1 is 0.889 bits per heavy atom. The zero-order chi connectivity index (χ0) is 24.8. The molecule has 0 saturated carbocycles. The van der Waals surface area contributed by atoms with E-state index >= 15 is 0 Å². The zero-order valence-electron chi connectivity index (χ0n) is 19.4. The molecule has 0 aliphatic carbocycles. The van der Waals surface area contributed by atoms with Gasteiger partial charge in [0, 0.05) is 79.6 Å². The number of nitrogens with one attached hydrogen (secondary N) is 1. The van der Waals surface area contributed by atoms with Crippen molar-refractivity contribution in [1.29, 1.82) is 0 Å². The van der Waals surface area contributed by atoms with Crippen LogP contribution in [0.25, 0.3) is 0 Å². The van der Waals surface area contributed by atoms with E-state index in [9.17, 15) is 18.0 Å². The summed E-state index contributed by atoms with van der Waals surface area (Å²) in [7, 11) is 0. The third-order valence-corrected chi connectivity index (χ3v) is 7.51. The van der Waals surface area contributed by atoms with Crippen LogP contribution in [-0.2, 0) is 4.79 Å². The third kappa shape index (κ3) is 8.49. The molecule has 2 aliphatic heterocycles. The Kier molecular flexibility index (Phi) is 10.2. The van der Waals surface area contributed by atoms with Crippen molar-refractivity contribution in [2.75, 3.05) is 55.6 Å². The van der Waals surface area contributed by atoms with Crippen LogP contribution in [0.15, 0.2) is 53.4 Å². The highest BCUT2D eigenvalue weighted by Gasteiger charge is 2.29. The number of hydrogen-bond acceptors (Lipinski definition) is 5. The lowest BCUT2D eigenvalue weighted by Gasteiger charge is -2.36. The fraction of sp³-hybridized carbons (Fsp3) is 0.500. The van der Waals surface area contributed by atoms with Crippen LogP contribution >= 0.6 is 23.4 Å². The number of anilines is 2. The van der Waals surface area contributed by atoms with Crippen LogP contribution in [-0.4, -0.2) is 68.2 Å². The van der Waals surface area contributed by atoms with Crippen molar-refractivity contribution in [3.8, 4) is 0 Å². The standard InChI is InChI=1S/C25H30ClF3N4OS.CH4/c26-19-1-3-21(4-2-19)33-17-15-31(16-18-33)12-11-24(34)30-20-9-13-32(14-10-20)22-5-7-23(8-6-22)35-25(27,28)29;/h1-8,20H,9-18H2,(H,30,34);1H4. The highest BCUT2D eigenvalue weighted by Crippen LogP contribution is 2.37. The lowest BCUT2D eigenvalue weighted by atomic mass is 10.0. The number of thioether (sulfide) groups is 1. The summed E-state index contributed by atoms with van der Waals surface area (Å²) in [4.78, 5) is 19.5. The summed E-state index contributed by atoms with van der Waals surface area (Å²) in [5, 5.41) is 3.90. The predicted molar refractivity (Wildman–Crippen MR) is 143 cm³/mol. The van der Waals surface area contributed by atoms with Gasteiger partial charge in [0.15, 0.2) is 0 Å². The molecule has 198 valence electrons. The smallest absolute Gasteiger partial charge is 0.371 e. The molecule has 1 N–H and O–H groups in total. The number of carbonyl (C=O) groups excluding carboxylic acids is 1. The average Bonchev–Trinajstić information content (AvgIpc) is 2.84. The lowest BCUT2D eigenvalue weighted by Crippen LogP contribution is -2.48. The highest BCUT2D eigenvalue weighted by atomic mass is 35.5. The Morgan fingerprint density at radius 2 is 1.42 bits per heavy atom. The highest BCUT2D eigenvalue weighted by molar-refractivity contribution is 8.00. The van der Waals surface area contributed by atoms with Gasteiger partial charge in [0.25, 0.3) is 0 Å². The van der Waals surface area contributed by atoms with Crippen LogP contribution in [0.2, 0.25) is 5.02 Å². The number of piperazine rings is 1. The number of carbonyl (C=O) groups is 1. The Labute approximate surface area is 221 Å². The fourth-order valence-corrected chi connectivity index (χ4v) is 5.25. The summed E-state index contributed by atoms with van der Waals surface area (Å²) in [6.07, 6.45) is 2.13. The van der Waals surface area contributed by atoms with Crippen LogP contribution < -0.4 is 15.1 Å². The number of piperidine rings is 1. The topological polar surface area (TPSA) is 38.8 Å². The van der Waals surface area contributed by atoms with E-state index in [0.29, 0.717) is 6.42 Å². The van der Waals surface area contributed by atoms with E-state index in [2.05, 4.69) is 20.0 Å². The number of halogens is 4. The molecule has 36 heavy (non-hydrogen) atoms. The zero-order valence-corrected chi connectivity index (χ0v) is 21.0. The summed E-state index contributed by atoms with van der Waals surface area (Å²) in [6.45, 7) is 5.99. The van der Waals surface area contributed by atoms with E-state index in [4.69, 9.17) is 11.6 Å². The van der Waals surface area contributed by atoms with Gasteiger partial charge in [0.2, 0.25) is 5.91 Å². The molecule has 2 heterocycles. The number of alkyl halides is 3. The molecule has 2 aliphatic rings. The predicted octanol–water partition coefficient (Wildman–Crippen LogP) is 5.89. The molecule has 2 fully saturated rings. The van der Waals surface area contributed by atoms with Gasteiger partial charge in [-0.2, -0.15) is 13.2 Å². The molecule has 2 saturated heterocycles. The van der Waals surface area contributed by atoms with Crippen molar-refractivity contribution in [1.82, 2.24) is 10.2 Å². The average molecular weight is 543 g/mol. The van der Waals surface area contributed by atoms with Crippen LogP contribution in [0.4, 0.5) is 24.5 Å². The molecule has 5 nitrogen and oxygen atoms in total. The monoisotopic (exact) mass is 542 g/mol. The first-order valence-corrected chi connectivity index (χ1v) is 13.1. The van der Waals surface area contributed by atoms with Gasteiger partial charge in [-0.1, -0.05) is 19.0 Å². The summed E-state index contributed by atoms with van der Waals surface area (Å²) in [5.74, 6) is 0.0807. The van der Waals surface area contributed by atoms with E-state index < -0.39 is 5.51 Å². The van der Waals surface area contributed by atoms with Crippen molar-refractivity contribution >= 4 is 40.6 Å². The molecule has 0 bridgehead atoms. The van der Waals surface area contributed by atoms with Crippen molar-refractivity contribution in [3.05, 3.63) is 53.6 Å². The Bertz CT molecular complexity index is 959. The third-order valence-electron chi connectivity index (χ3n) is 6.51. The molecule has 0 unspecified atom stereocenters. The van der Waals surface area contributed by atoms with Crippen molar-refractivity contribution < 1.29 is 18.0 Å². The maximum absolute atomic E-state index is 12.5. The minimum atomic E-state index is -4.27. The fourth-order valence-electron chi connectivity index (χ4n) is 4.58. The largest absolute Gasteiger partial charge is 0.446 e. The van der Waals surface area contributed by atoms with Crippen LogP contribution in [0.5, 0.6) is 0 Å². The van der Waals surface area contributed by atoms with E-state index in [1.165, 1.54) is 17.8 Å². The van der Waals surface area contributed by atoms with Crippen LogP contribution in [0, 0.1) is 0 Å². The van der Waals surface area contributed by atoms with Crippen molar-refractivity contribution in [2.24, 2.45) is 0 Å². The molecular formula is C26H34ClF3N4OS. The number of nitrogens with zero attached hydrogens (tertiary/aromatic N) is 3. The normalized spacial score (nSPS) is 17.6. The number of amides is 1. The van der Waals surface area contributed by atoms with Gasteiger partial charge < -0.3 is 15.1 Å². The maximum Gasteiger partial charge on any atom is 0.446 e. The number of rotatable bonds is 7. The summed E-state index contributed by atoms with van der Waals surface area (Å²) < 4.78 is 37.5. The van der Waals surface area contributed by atoms with E-state index in [1.54, 1.807) is 12.1 Å².